The quantitative estimate of drug-likeness (QED) is 0.784. The molecular weight excluding hydrogens is 218 g/mol. The van der Waals surface area contributed by atoms with E-state index >= 15 is 0 Å². The van der Waals surface area contributed by atoms with Crippen LogP contribution in [0.2, 0.25) is 0 Å². The number of aliphatic hydroxyl groups is 1. The molecule has 0 bridgehead atoms. The van der Waals surface area contributed by atoms with Gasteiger partial charge in [0, 0.05) is 12.1 Å². The van der Waals surface area contributed by atoms with Gasteiger partial charge in [-0.15, -0.1) is 0 Å². The number of aromatic nitrogens is 2. The van der Waals surface area contributed by atoms with Gasteiger partial charge in [-0.3, -0.25) is 0 Å². The van der Waals surface area contributed by atoms with Crippen LogP contribution in [0, 0.1) is 13.8 Å². The predicted molar refractivity (Wildman–Crippen MR) is 64.4 cm³/mol. The van der Waals surface area contributed by atoms with Gasteiger partial charge in [-0.25, -0.2) is 0 Å². The number of nitrogens with zero attached hydrogens (tertiary/aromatic N) is 2. The summed E-state index contributed by atoms with van der Waals surface area (Å²) < 4.78 is 5.14. The largest absolute Gasteiger partial charge is 0.398 e. The van der Waals surface area contributed by atoms with Crippen LogP contribution in [-0.4, -0.2) is 21.9 Å². The molecule has 0 atom stereocenters. The summed E-state index contributed by atoms with van der Waals surface area (Å²) in [4.78, 5) is 4.20. The maximum Gasteiger partial charge on any atom is 0.260 e. The van der Waals surface area contributed by atoms with Crippen molar-refractivity contribution in [1.29, 1.82) is 0 Å². The Balaban J connectivity index is 2.44. The van der Waals surface area contributed by atoms with Crippen molar-refractivity contribution in [1.82, 2.24) is 10.1 Å². The Morgan fingerprint density at radius 2 is 2.12 bits per heavy atom. The average molecular weight is 233 g/mol. The second kappa shape index (κ2) is 4.55. The van der Waals surface area contributed by atoms with E-state index in [1.807, 2.05) is 26.0 Å². The van der Waals surface area contributed by atoms with Crippen LogP contribution in [-0.2, 0) is 6.42 Å². The zero-order valence-corrected chi connectivity index (χ0v) is 9.90. The number of anilines is 1. The fraction of sp³-hybridized carbons (Fsp3) is 0.333. The highest BCUT2D eigenvalue weighted by Gasteiger charge is 2.13. The van der Waals surface area contributed by atoms with Crippen LogP contribution < -0.4 is 5.73 Å². The van der Waals surface area contributed by atoms with Crippen molar-refractivity contribution in [3.8, 4) is 11.5 Å². The summed E-state index contributed by atoms with van der Waals surface area (Å²) in [6, 6.07) is 3.92. The molecule has 0 aliphatic carbocycles. The third-order valence-corrected chi connectivity index (χ3v) is 2.57. The molecule has 5 heteroatoms. The van der Waals surface area contributed by atoms with Crippen molar-refractivity contribution in [2.75, 3.05) is 12.3 Å². The molecule has 0 saturated carbocycles. The van der Waals surface area contributed by atoms with E-state index in [0.717, 1.165) is 16.7 Å². The van der Waals surface area contributed by atoms with Crippen LogP contribution in [0.5, 0.6) is 0 Å². The number of nitrogen functional groups attached to an aromatic ring is 1. The first kappa shape index (κ1) is 11.6. The van der Waals surface area contributed by atoms with Crippen LogP contribution >= 0.6 is 0 Å². The van der Waals surface area contributed by atoms with E-state index in [-0.39, 0.29) is 6.61 Å². The first-order valence-electron chi connectivity index (χ1n) is 5.42. The van der Waals surface area contributed by atoms with Crippen LogP contribution in [0.15, 0.2) is 16.7 Å². The van der Waals surface area contributed by atoms with Crippen LogP contribution in [0.4, 0.5) is 5.69 Å². The molecule has 5 nitrogen and oxygen atoms in total. The molecule has 3 N–H and O–H groups in total. The van der Waals surface area contributed by atoms with E-state index < -0.39 is 0 Å². The molecule has 90 valence electrons. The molecule has 1 aromatic carbocycles. The highest BCUT2D eigenvalue weighted by molar-refractivity contribution is 5.74. The SMILES string of the molecule is Cc1cc(C)c(N)c(-c2nc(CCO)no2)c1. The van der Waals surface area contributed by atoms with Gasteiger partial charge >= 0.3 is 0 Å². The Hall–Kier alpha value is -1.88. The molecule has 1 aromatic heterocycles. The Morgan fingerprint density at radius 1 is 1.35 bits per heavy atom. The number of aliphatic hydroxyl groups excluding tert-OH is 1. The van der Waals surface area contributed by atoms with Gasteiger partial charge in [-0.05, 0) is 31.0 Å². The van der Waals surface area contributed by atoms with Crippen molar-refractivity contribution < 1.29 is 9.63 Å². The van der Waals surface area contributed by atoms with Crippen molar-refractivity contribution >= 4 is 5.69 Å². The average Bonchev–Trinajstić information content (AvgIpc) is 2.72. The van der Waals surface area contributed by atoms with Crippen LogP contribution in [0.25, 0.3) is 11.5 Å². The first-order valence-corrected chi connectivity index (χ1v) is 5.42. The van der Waals surface area contributed by atoms with Gasteiger partial charge in [0.2, 0.25) is 0 Å². The van der Waals surface area contributed by atoms with Crippen molar-refractivity contribution in [2.24, 2.45) is 0 Å². The van der Waals surface area contributed by atoms with Gasteiger partial charge in [-0.1, -0.05) is 11.2 Å². The molecule has 0 aliphatic heterocycles. The summed E-state index contributed by atoms with van der Waals surface area (Å²) in [6.45, 7) is 3.93. The summed E-state index contributed by atoms with van der Waals surface area (Å²) in [7, 11) is 0. The Morgan fingerprint density at radius 3 is 2.82 bits per heavy atom. The summed E-state index contributed by atoms with van der Waals surface area (Å²) in [6.07, 6.45) is 0.383. The Kier molecular flexibility index (Phi) is 3.10. The lowest BCUT2D eigenvalue weighted by molar-refractivity contribution is 0.293. The Labute approximate surface area is 99.3 Å². The minimum atomic E-state index is 0.00129. The predicted octanol–water partition coefficient (Wildman–Crippen LogP) is 1.47. The first-order chi connectivity index (χ1) is 8.11. The van der Waals surface area contributed by atoms with E-state index in [9.17, 15) is 0 Å². The highest BCUT2D eigenvalue weighted by atomic mass is 16.5. The van der Waals surface area contributed by atoms with Gasteiger partial charge in [0.1, 0.15) is 0 Å². The zero-order valence-electron chi connectivity index (χ0n) is 9.90. The lowest BCUT2D eigenvalue weighted by Gasteiger charge is -2.06. The van der Waals surface area contributed by atoms with Gasteiger partial charge in [-0.2, -0.15) is 4.98 Å². The highest BCUT2D eigenvalue weighted by Crippen LogP contribution is 2.28. The molecule has 2 aromatic rings. The Bertz CT molecular complexity index is 535. The van der Waals surface area contributed by atoms with E-state index in [0.29, 0.717) is 23.8 Å². The number of nitrogens with two attached hydrogens (primary N) is 1. The summed E-state index contributed by atoms with van der Waals surface area (Å²) in [5.41, 5.74) is 9.47. The third-order valence-electron chi connectivity index (χ3n) is 2.57. The van der Waals surface area contributed by atoms with Gasteiger partial charge < -0.3 is 15.4 Å². The molecule has 0 unspecified atom stereocenters. The zero-order chi connectivity index (χ0) is 12.4. The minimum absolute atomic E-state index is 0.00129. The number of hydrogen-bond acceptors (Lipinski definition) is 5. The fourth-order valence-electron chi connectivity index (χ4n) is 1.72. The number of aryl methyl sites for hydroxylation is 2. The van der Waals surface area contributed by atoms with E-state index in [2.05, 4.69) is 10.1 Å². The molecule has 17 heavy (non-hydrogen) atoms. The second-order valence-electron chi connectivity index (χ2n) is 4.03. The smallest absolute Gasteiger partial charge is 0.260 e. The molecule has 0 amide bonds. The normalized spacial score (nSPS) is 10.8. The van der Waals surface area contributed by atoms with Crippen molar-refractivity contribution in [3.05, 3.63) is 29.1 Å². The van der Waals surface area contributed by atoms with Crippen molar-refractivity contribution in [2.45, 2.75) is 20.3 Å². The summed E-state index contributed by atoms with van der Waals surface area (Å²) >= 11 is 0. The molecule has 2 rings (SSSR count). The summed E-state index contributed by atoms with van der Waals surface area (Å²) in [5.74, 6) is 0.888. The van der Waals surface area contributed by atoms with Crippen molar-refractivity contribution in [3.63, 3.8) is 0 Å². The lowest BCUT2D eigenvalue weighted by atomic mass is 10.0. The molecule has 0 spiro atoms. The number of rotatable bonds is 3. The molecule has 0 fully saturated rings. The standard InChI is InChI=1S/C12H15N3O2/c1-7-5-8(2)11(13)9(6-7)12-14-10(3-4-16)15-17-12/h5-6,16H,3-4,13H2,1-2H3. The van der Waals surface area contributed by atoms with Crippen LogP contribution in [0.1, 0.15) is 17.0 Å². The molecule has 0 saturated heterocycles. The van der Waals surface area contributed by atoms with E-state index in [1.165, 1.54) is 0 Å². The topological polar surface area (TPSA) is 85.2 Å². The number of benzene rings is 1. The van der Waals surface area contributed by atoms with Gasteiger partial charge in [0.05, 0.1) is 12.2 Å². The summed E-state index contributed by atoms with van der Waals surface area (Å²) in [5, 5.41) is 12.6. The van der Waals surface area contributed by atoms with E-state index in [1.54, 1.807) is 0 Å². The molecular formula is C12H15N3O2. The second-order valence-corrected chi connectivity index (χ2v) is 4.03. The number of hydrogen-bond donors (Lipinski definition) is 2. The van der Waals surface area contributed by atoms with E-state index in [4.69, 9.17) is 15.4 Å². The fourth-order valence-corrected chi connectivity index (χ4v) is 1.72. The van der Waals surface area contributed by atoms with Gasteiger partial charge in [0.25, 0.3) is 5.89 Å². The maximum absolute atomic E-state index is 8.80. The van der Waals surface area contributed by atoms with Crippen LogP contribution in [0.3, 0.4) is 0 Å². The molecule has 0 aliphatic rings. The third kappa shape index (κ3) is 2.29. The monoisotopic (exact) mass is 233 g/mol. The molecule has 1 heterocycles. The lowest BCUT2D eigenvalue weighted by Crippen LogP contribution is -1.96. The minimum Gasteiger partial charge on any atom is -0.398 e. The van der Waals surface area contributed by atoms with Gasteiger partial charge in [0.15, 0.2) is 5.82 Å². The molecule has 0 radical (unpaired) electrons. The maximum atomic E-state index is 8.80.